The van der Waals surface area contributed by atoms with Gasteiger partial charge in [-0.15, -0.1) is 11.3 Å². The molecule has 1 amide bonds. The molecule has 30 heavy (non-hydrogen) atoms. The molecule has 150 valence electrons. The van der Waals surface area contributed by atoms with E-state index in [9.17, 15) is 14.9 Å². The molecule has 0 bridgehead atoms. The van der Waals surface area contributed by atoms with Crippen LogP contribution in [-0.2, 0) is 0 Å². The SMILES string of the molecule is Cc1ccc(-n2cccc2C=NNC(=O)c2cc3cc([N+](=O)[O-])ccc3s2)cc1Cl. The fourth-order valence-corrected chi connectivity index (χ4v) is 4.04. The highest BCUT2D eigenvalue weighted by Crippen LogP contribution is 2.29. The van der Waals surface area contributed by atoms with Crippen molar-refractivity contribution in [1.29, 1.82) is 0 Å². The number of non-ortho nitro benzene ring substituents is 1. The molecule has 2 aromatic carbocycles. The van der Waals surface area contributed by atoms with Gasteiger partial charge in [0.25, 0.3) is 11.6 Å². The smallest absolute Gasteiger partial charge is 0.281 e. The summed E-state index contributed by atoms with van der Waals surface area (Å²) in [6.07, 6.45) is 3.42. The van der Waals surface area contributed by atoms with Crippen LogP contribution < -0.4 is 5.43 Å². The van der Waals surface area contributed by atoms with E-state index in [1.807, 2.05) is 48.0 Å². The van der Waals surface area contributed by atoms with Crippen molar-refractivity contribution >= 4 is 50.8 Å². The van der Waals surface area contributed by atoms with E-state index in [0.717, 1.165) is 21.6 Å². The predicted octanol–water partition coefficient (Wildman–Crippen LogP) is 5.33. The second-order valence-corrected chi connectivity index (χ2v) is 8.02. The van der Waals surface area contributed by atoms with Gasteiger partial charge in [-0.3, -0.25) is 14.9 Å². The Hall–Kier alpha value is -3.49. The van der Waals surface area contributed by atoms with E-state index in [4.69, 9.17) is 11.6 Å². The van der Waals surface area contributed by atoms with Crippen LogP contribution in [0.4, 0.5) is 5.69 Å². The number of nitro benzene ring substituents is 1. The summed E-state index contributed by atoms with van der Waals surface area (Å²) in [6, 6.07) is 15.6. The molecule has 0 saturated carbocycles. The summed E-state index contributed by atoms with van der Waals surface area (Å²) in [5, 5.41) is 16.3. The van der Waals surface area contributed by atoms with E-state index in [1.165, 1.54) is 23.5 Å². The standard InChI is InChI=1S/C21H15ClN4O3S/c1-13-4-5-15(11-18(13)22)25-8-2-3-17(25)12-23-24-21(27)20-10-14-9-16(26(28)29)6-7-19(14)30-20/h2-12H,1H3,(H,24,27). The number of hydrogen-bond donors (Lipinski definition) is 1. The average molecular weight is 439 g/mol. The molecule has 0 aliphatic carbocycles. The summed E-state index contributed by atoms with van der Waals surface area (Å²) in [5.41, 5.74) is 5.13. The lowest BCUT2D eigenvalue weighted by atomic mass is 10.2. The first kappa shape index (κ1) is 19.8. The van der Waals surface area contributed by atoms with E-state index >= 15 is 0 Å². The lowest BCUT2D eigenvalue weighted by molar-refractivity contribution is -0.384. The highest BCUT2D eigenvalue weighted by atomic mass is 35.5. The van der Waals surface area contributed by atoms with E-state index in [1.54, 1.807) is 18.3 Å². The Balaban J connectivity index is 1.51. The lowest BCUT2D eigenvalue weighted by Gasteiger charge is -2.08. The van der Waals surface area contributed by atoms with Crippen LogP contribution in [0.3, 0.4) is 0 Å². The Kier molecular flexibility index (Phi) is 5.35. The third-order valence-corrected chi connectivity index (χ3v) is 6.03. The first-order chi connectivity index (χ1) is 14.4. The van der Waals surface area contributed by atoms with Gasteiger partial charge in [0.15, 0.2) is 0 Å². The summed E-state index contributed by atoms with van der Waals surface area (Å²) in [7, 11) is 0. The molecular weight excluding hydrogens is 424 g/mol. The number of halogens is 1. The maximum atomic E-state index is 12.4. The van der Waals surface area contributed by atoms with Gasteiger partial charge >= 0.3 is 0 Å². The van der Waals surface area contributed by atoms with Crippen molar-refractivity contribution in [1.82, 2.24) is 9.99 Å². The number of hydrogen-bond acceptors (Lipinski definition) is 5. The van der Waals surface area contributed by atoms with Crippen LogP contribution in [0, 0.1) is 17.0 Å². The maximum Gasteiger partial charge on any atom is 0.281 e. The molecule has 0 saturated heterocycles. The summed E-state index contributed by atoms with van der Waals surface area (Å²) in [6.45, 7) is 1.94. The normalized spacial score (nSPS) is 11.3. The third kappa shape index (κ3) is 3.96. The molecule has 1 N–H and O–H groups in total. The Morgan fingerprint density at radius 3 is 2.83 bits per heavy atom. The van der Waals surface area contributed by atoms with Crippen molar-refractivity contribution in [2.24, 2.45) is 5.10 Å². The number of hydrazone groups is 1. The second kappa shape index (κ2) is 8.10. The second-order valence-electron chi connectivity index (χ2n) is 6.53. The van der Waals surface area contributed by atoms with Gasteiger partial charge in [-0.05, 0) is 48.9 Å². The van der Waals surface area contributed by atoms with Crippen LogP contribution in [0.25, 0.3) is 15.8 Å². The molecule has 4 aromatic rings. The molecule has 2 heterocycles. The molecule has 0 radical (unpaired) electrons. The average Bonchev–Trinajstić information content (AvgIpc) is 3.36. The van der Waals surface area contributed by atoms with Gasteiger partial charge in [0.05, 0.1) is 21.7 Å². The van der Waals surface area contributed by atoms with Gasteiger partial charge in [-0.25, -0.2) is 5.43 Å². The largest absolute Gasteiger partial charge is 0.316 e. The Labute approximate surface area is 180 Å². The minimum atomic E-state index is -0.461. The molecule has 9 heteroatoms. The number of aromatic nitrogens is 1. The Morgan fingerprint density at radius 1 is 1.23 bits per heavy atom. The predicted molar refractivity (Wildman–Crippen MR) is 119 cm³/mol. The molecule has 0 aliphatic heterocycles. The fraction of sp³-hybridized carbons (Fsp3) is 0.0476. The summed E-state index contributed by atoms with van der Waals surface area (Å²) in [5.74, 6) is -0.383. The quantitative estimate of drug-likeness (QED) is 0.259. The number of benzene rings is 2. The van der Waals surface area contributed by atoms with Crippen LogP contribution in [0.2, 0.25) is 5.02 Å². The van der Waals surface area contributed by atoms with E-state index in [2.05, 4.69) is 10.5 Å². The third-order valence-electron chi connectivity index (χ3n) is 4.51. The van der Waals surface area contributed by atoms with Crippen LogP contribution in [-0.4, -0.2) is 21.6 Å². The summed E-state index contributed by atoms with van der Waals surface area (Å²) in [4.78, 5) is 23.3. The number of nitro groups is 1. The summed E-state index contributed by atoms with van der Waals surface area (Å²) >= 11 is 7.47. The molecule has 4 rings (SSSR count). The monoisotopic (exact) mass is 438 g/mol. The highest BCUT2D eigenvalue weighted by molar-refractivity contribution is 7.20. The number of thiophene rings is 1. The zero-order chi connectivity index (χ0) is 21.3. The van der Waals surface area contributed by atoms with E-state index in [0.29, 0.717) is 15.3 Å². The number of nitrogens with zero attached hydrogens (tertiary/aromatic N) is 3. The highest BCUT2D eigenvalue weighted by Gasteiger charge is 2.13. The van der Waals surface area contributed by atoms with Gasteiger partial charge in [0, 0.05) is 39.1 Å². The fourth-order valence-electron chi connectivity index (χ4n) is 2.93. The van der Waals surface area contributed by atoms with Crippen molar-refractivity contribution in [2.75, 3.05) is 0 Å². The number of fused-ring (bicyclic) bond motifs is 1. The van der Waals surface area contributed by atoms with E-state index in [-0.39, 0.29) is 11.6 Å². The van der Waals surface area contributed by atoms with E-state index < -0.39 is 4.92 Å². The molecule has 0 unspecified atom stereocenters. The molecule has 0 fully saturated rings. The van der Waals surface area contributed by atoms with Crippen molar-refractivity contribution in [3.8, 4) is 5.69 Å². The van der Waals surface area contributed by atoms with Crippen molar-refractivity contribution in [2.45, 2.75) is 6.92 Å². The summed E-state index contributed by atoms with van der Waals surface area (Å²) < 4.78 is 2.69. The molecule has 0 aliphatic rings. The topological polar surface area (TPSA) is 89.5 Å². The number of amides is 1. The zero-order valence-electron chi connectivity index (χ0n) is 15.7. The Morgan fingerprint density at radius 2 is 2.07 bits per heavy atom. The van der Waals surface area contributed by atoms with Gasteiger partial charge in [-0.2, -0.15) is 5.10 Å². The number of carbonyl (C=O) groups is 1. The van der Waals surface area contributed by atoms with Gasteiger partial charge in [0.2, 0.25) is 0 Å². The van der Waals surface area contributed by atoms with Crippen LogP contribution >= 0.6 is 22.9 Å². The molecule has 7 nitrogen and oxygen atoms in total. The number of rotatable bonds is 5. The molecule has 0 atom stereocenters. The molecular formula is C21H15ClN4O3S. The molecule has 0 spiro atoms. The first-order valence-electron chi connectivity index (χ1n) is 8.87. The van der Waals surface area contributed by atoms with Gasteiger partial charge < -0.3 is 4.57 Å². The number of carbonyl (C=O) groups excluding carboxylic acids is 1. The maximum absolute atomic E-state index is 12.4. The zero-order valence-corrected chi connectivity index (χ0v) is 17.3. The number of aryl methyl sites for hydroxylation is 1. The van der Waals surface area contributed by atoms with Crippen molar-refractivity contribution < 1.29 is 9.72 Å². The first-order valence-corrected chi connectivity index (χ1v) is 10.1. The van der Waals surface area contributed by atoms with Crippen molar-refractivity contribution in [3.05, 3.63) is 92.1 Å². The number of nitrogens with one attached hydrogen (secondary N) is 1. The van der Waals surface area contributed by atoms with Crippen molar-refractivity contribution in [3.63, 3.8) is 0 Å². The minimum Gasteiger partial charge on any atom is -0.316 e. The minimum absolute atomic E-state index is 0.0118. The van der Waals surface area contributed by atoms with Crippen LogP contribution in [0.15, 0.2) is 65.9 Å². The van der Waals surface area contributed by atoms with Crippen LogP contribution in [0.5, 0.6) is 0 Å². The molecule has 2 aromatic heterocycles. The Bertz CT molecular complexity index is 1310. The van der Waals surface area contributed by atoms with Gasteiger partial charge in [-0.1, -0.05) is 17.7 Å². The lowest BCUT2D eigenvalue weighted by Crippen LogP contribution is -2.16. The van der Waals surface area contributed by atoms with Crippen LogP contribution in [0.1, 0.15) is 20.9 Å². The van der Waals surface area contributed by atoms with Gasteiger partial charge in [0.1, 0.15) is 0 Å².